The fourth-order valence-corrected chi connectivity index (χ4v) is 4.11. The molecule has 0 unspecified atom stereocenters. The van der Waals surface area contributed by atoms with E-state index in [1.54, 1.807) is 14.2 Å². The molecule has 0 aliphatic carbocycles. The number of esters is 1. The summed E-state index contributed by atoms with van der Waals surface area (Å²) >= 11 is 3.40. The topological polar surface area (TPSA) is 73.9 Å². The molecule has 7 heteroatoms. The zero-order valence-electron chi connectivity index (χ0n) is 18.1. The number of benzene rings is 2. The standard InChI is InChI=1S/C24H26BrNO5/c1-14(9-11-20(27)26-17-7-5-6-16(25)12-17)8-10-18-22(29-3)15(2)19-13-31-24(28)21(19)23(18)30-4/h5-8,12H,9-11,13H2,1-4H3,(H,26,27). The molecule has 0 saturated heterocycles. The number of amides is 1. The first-order valence-corrected chi connectivity index (χ1v) is 10.8. The first-order chi connectivity index (χ1) is 14.8. The van der Waals surface area contributed by atoms with Crippen molar-refractivity contribution in [1.82, 2.24) is 0 Å². The maximum absolute atomic E-state index is 12.3. The third kappa shape index (κ3) is 5.10. The number of nitrogens with one attached hydrogen (secondary N) is 1. The molecular weight excluding hydrogens is 462 g/mol. The number of methoxy groups -OCH3 is 2. The maximum Gasteiger partial charge on any atom is 0.342 e. The van der Waals surface area contributed by atoms with Crippen molar-refractivity contribution in [2.45, 2.75) is 39.7 Å². The minimum Gasteiger partial charge on any atom is -0.496 e. The van der Waals surface area contributed by atoms with E-state index in [2.05, 4.69) is 21.2 Å². The van der Waals surface area contributed by atoms with Gasteiger partial charge in [0.25, 0.3) is 0 Å². The molecule has 1 aliphatic rings. The number of anilines is 1. The van der Waals surface area contributed by atoms with Crippen molar-refractivity contribution < 1.29 is 23.8 Å². The number of ether oxygens (including phenoxy) is 3. The van der Waals surface area contributed by atoms with Gasteiger partial charge in [0.2, 0.25) is 5.91 Å². The Morgan fingerprint density at radius 1 is 1.23 bits per heavy atom. The van der Waals surface area contributed by atoms with Crippen molar-refractivity contribution >= 4 is 33.5 Å². The highest BCUT2D eigenvalue weighted by Gasteiger charge is 2.32. The predicted molar refractivity (Wildman–Crippen MR) is 123 cm³/mol. The second-order valence-corrected chi connectivity index (χ2v) is 8.33. The van der Waals surface area contributed by atoms with Crippen LogP contribution < -0.4 is 14.8 Å². The van der Waals surface area contributed by atoms with Gasteiger partial charge in [0.15, 0.2) is 0 Å². The van der Waals surface area contributed by atoms with Crippen LogP contribution in [0.15, 0.2) is 40.4 Å². The number of rotatable bonds is 8. The van der Waals surface area contributed by atoms with Gasteiger partial charge in [-0.2, -0.15) is 0 Å². The van der Waals surface area contributed by atoms with Gasteiger partial charge in [-0.1, -0.05) is 33.6 Å². The largest absolute Gasteiger partial charge is 0.496 e. The molecule has 6 nitrogen and oxygen atoms in total. The Morgan fingerprint density at radius 3 is 2.65 bits per heavy atom. The van der Waals surface area contributed by atoms with Gasteiger partial charge < -0.3 is 19.5 Å². The number of fused-ring (bicyclic) bond motifs is 1. The number of halogens is 1. The summed E-state index contributed by atoms with van der Waals surface area (Å²) in [7, 11) is 3.15. The van der Waals surface area contributed by atoms with E-state index in [4.69, 9.17) is 14.2 Å². The molecule has 0 saturated carbocycles. The van der Waals surface area contributed by atoms with E-state index in [0.717, 1.165) is 32.4 Å². The maximum atomic E-state index is 12.3. The van der Waals surface area contributed by atoms with Crippen LogP contribution in [-0.2, 0) is 22.6 Å². The summed E-state index contributed by atoms with van der Waals surface area (Å²) in [5.41, 5.74) is 4.81. The van der Waals surface area contributed by atoms with Crippen LogP contribution in [0, 0.1) is 6.92 Å². The summed E-state index contributed by atoms with van der Waals surface area (Å²) < 4.78 is 17.4. The quantitative estimate of drug-likeness (QED) is 0.401. The third-order valence-corrected chi connectivity index (χ3v) is 5.83. The highest BCUT2D eigenvalue weighted by atomic mass is 79.9. The minimum atomic E-state index is -0.372. The van der Waals surface area contributed by atoms with E-state index in [1.807, 2.05) is 44.2 Å². The first kappa shape index (κ1) is 22.9. The van der Waals surface area contributed by atoms with E-state index < -0.39 is 0 Å². The van der Waals surface area contributed by atoms with Crippen molar-refractivity contribution in [1.29, 1.82) is 0 Å². The fourth-order valence-electron chi connectivity index (χ4n) is 3.71. The van der Waals surface area contributed by atoms with Gasteiger partial charge >= 0.3 is 5.97 Å². The molecule has 0 bridgehead atoms. The molecule has 2 aromatic carbocycles. The van der Waals surface area contributed by atoms with Crippen LogP contribution in [0.4, 0.5) is 5.69 Å². The number of carbonyl (C=O) groups is 2. The number of carbonyl (C=O) groups excluding carboxylic acids is 2. The van der Waals surface area contributed by atoms with Crippen LogP contribution in [-0.4, -0.2) is 26.1 Å². The van der Waals surface area contributed by atoms with Crippen molar-refractivity contribution in [3.05, 3.63) is 62.6 Å². The van der Waals surface area contributed by atoms with Crippen LogP contribution in [0.1, 0.15) is 46.8 Å². The molecule has 0 atom stereocenters. The van der Waals surface area contributed by atoms with Crippen LogP contribution in [0.2, 0.25) is 0 Å². The van der Waals surface area contributed by atoms with E-state index in [-0.39, 0.29) is 18.5 Å². The molecule has 1 N–H and O–H groups in total. The molecule has 0 fully saturated rings. The van der Waals surface area contributed by atoms with Crippen LogP contribution >= 0.6 is 15.9 Å². The molecule has 164 valence electrons. The number of cyclic esters (lactones) is 1. The molecule has 2 aromatic rings. The summed E-state index contributed by atoms with van der Waals surface area (Å²) in [4.78, 5) is 24.5. The summed E-state index contributed by atoms with van der Waals surface area (Å²) in [6.45, 7) is 4.14. The van der Waals surface area contributed by atoms with Gasteiger partial charge in [0.1, 0.15) is 23.7 Å². The highest BCUT2D eigenvalue weighted by Crippen LogP contribution is 2.42. The Balaban J connectivity index is 1.72. The summed E-state index contributed by atoms with van der Waals surface area (Å²) in [6.07, 6.45) is 3.56. The Morgan fingerprint density at radius 2 is 1.97 bits per heavy atom. The van der Waals surface area contributed by atoms with Crippen LogP contribution in [0.3, 0.4) is 0 Å². The lowest BCUT2D eigenvalue weighted by atomic mass is 9.94. The van der Waals surface area contributed by atoms with Crippen molar-refractivity contribution in [2.75, 3.05) is 19.5 Å². The zero-order valence-corrected chi connectivity index (χ0v) is 19.7. The van der Waals surface area contributed by atoms with Crippen LogP contribution in [0.25, 0.3) is 0 Å². The highest BCUT2D eigenvalue weighted by molar-refractivity contribution is 9.10. The smallest absolute Gasteiger partial charge is 0.342 e. The van der Waals surface area contributed by atoms with Crippen molar-refractivity contribution in [3.8, 4) is 11.5 Å². The third-order valence-electron chi connectivity index (χ3n) is 5.34. The van der Waals surface area contributed by atoms with Gasteiger partial charge in [-0.15, -0.1) is 0 Å². The van der Waals surface area contributed by atoms with Gasteiger partial charge in [0, 0.05) is 27.7 Å². The van der Waals surface area contributed by atoms with Gasteiger partial charge in [-0.25, -0.2) is 4.79 Å². The lowest BCUT2D eigenvalue weighted by molar-refractivity contribution is -0.116. The number of allylic oxidation sites excluding steroid dienone is 2. The van der Waals surface area contributed by atoms with Gasteiger partial charge in [0.05, 0.1) is 14.2 Å². The predicted octanol–water partition coefficient (Wildman–Crippen LogP) is 5.35. The molecule has 1 amide bonds. The van der Waals surface area contributed by atoms with E-state index in [1.165, 1.54) is 0 Å². The fraction of sp³-hybridized carbons (Fsp3) is 0.333. The number of hydrogen-bond acceptors (Lipinski definition) is 5. The summed E-state index contributed by atoms with van der Waals surface area (Å²) in [5.74, 6) is 0.780. The Kier molecular flexibility index (Phi) is 7.38. The normalized spacial score (nSPS) is 12.9. The number of hydrogen-bond donors (Lipinski definition) is 1. The monoisotopic (exact) mass is 487 g/mol. The van der Waals surface area contributed by atoms with Crippen molar-refractivity contribution in [3.63, 3.8) is 0 Å². The zero-order chi connectivity index (χ0) is 22.5. The SMILES string of the molecule is COc1c(C)c2c(c(OC)c1CC=C(C)CCC(=O)Nc1cccc(Br)c1)C(=O)OC2. The minimum absolute atomic E-state index is 0.0443. The van der Waals surface area contributed by atoms with E-state index in [9.17, 15) is 9.59 Å². The average molecular weight is 488 g/mol. The first-order valence-electron chi connectivity index (χ1n) is 10.00. The van der Waals surface area contributed by atoms with Crippen LogP contribution in [0.5, 0.6) is 11.5 Å². The van der Waals surface area contributed by atoms with Gasteiger partial charge in [-0.3, -0.25) is 4.79 Å². The average Bonchev–Trinajstić information content (AvgIpc) is 3.13. The molecular formula is C24H26BrNO5. The second kappa shape index (κ2) is 10.0. The summed E-state index contributed by atoms with van der Waals surface area (Å²) in [5, 5.41) is 2.90. The Hall–Kier alpha value is -2.80. The molecule has 0 spiro atoms. The molecule has 31 heavy (non-hydrogen) atoms. The lowest BCUT2D eigenvalue weighted by Gasteiger charge is -2.18. The molecule has 1 heterocycles. The van der Waals surface area contributed by atoms with E-state index in [0.29, 0.717) is 36.3 Å². The lowest BCUT2D eigenvalue weighted by Crippen LogP contribution is -2.11. The Labute approximate surface area is 190 Å². The summed E-state index contributed by atoms with van der Waals surface area (Å²) in [6, 6.07) is 7.50. The van der Waals surface area contributed by atoms with Gasteiger partial charge in [-0.05, 0) is 50.5 Å². The molecule has 0 radical (unpaired) electrons. The second-order valence-electron chi connectivity index (χ2n) is 7.41. The Bertz CT molecular complexity index is 1040. The van der Waals surface area contributed by atoms with Crippen molar-refractivity contribution in [2.24, 2.45) is 0 Å². The van der Waals surface area contributed by atoms with E-state index >= 15 is 0 Å². The molecule has 0 aromatic heterocycles. The molecule has 1 aliphatic heterocycles. The molecule has 3 rings (SSSR count).